The highest BCUT2D eigenvalue weighted by Gasteiger charge is 2.29. The molecule has 31 heavy (non-hydrogen) atoms. The maximum absolute atomic E-state index is 13.2. The van der Waals surface area contributed by atoms with E-state index in [-0.39, 0.29) is 34.1 Å². The Balaban J connectivity index is 1.68. The minimum absolute atomic E-state index is 0.00703. The second kappa shape index (κ2) is 10.6. The summed E-state index contributed by atoms with van der Waals surface area (Å²) >= 11 is 6.25. The second-order valence-corrected chi connectivity index (χ2v) is 11.0. The van der Waals surface area contributed by atoms with Crippen LogP contribution in [-0.4, -0.2) is 74.5 Å². The third-order valence-corrected chi connectivity index (χ3v) is 8.39. The topological polar surface area (TPSA) is 79.0 Å². The molecule has 7 nitrogen and oxygen atoms in total. The van der Waals surface area contributed by atoms with Gasteiger partial charge in [0.2, 0.25) is 10.0 Å². The zero-order chi connectivity index (χ0) is 22.6. The van der Waals surface area contributed by atoms with E-state index < -0.39 is 10.0 Å². The highest BCUT2D eigenvalue weighted by atomic mass is 35.5. The molecule has 2 saturated heterocycles. The summed E-state index contributed by atoms with van der Waals surface area (Å²) in [5.74, 6) is -0.301. The molecule has 1 N–H and O–H groups in total. The van der Waals surface area contributed by atoms with Crippen molar-refractivity contribution in [3.63, 3.8) is 0 Å². The Labute approximate surface area is 191 Å². The molecule has 0 bridgehead atoms. The monoisotopic (exact) mass is 471 g/mol. The van der Waals surface area contributed by atoms with Gasteiger partial charge in [0.25, 0.3) is 5.91 Å². The maximum Gasteiger partial charge on any atom is 0.251 e. The van der Waals surface area contributed by atoms with Crippen molar-refractivity contribution in [2.75, 3.05) is 32.7 Å². The van der Waals surface area contributed by atoms with Crippen molar-refractivity contribution in [2.45, 2.75) is 69.6 Å². The molecule has 3 rings (SSSR count). The second-order valence-electron chi connectivity index (χ2n) is 8.73. The van der Waals surface area contributed by atoms with Crippen molar-refractivity contribution >= 4 is 27.5 Å². The molecule has 9 heteroatoms. The van der Waals surface area contributed by atoms with Gasteiger partial charge in [-0.05, 0) is 51.8 Å². The molecule has 0 radical (unpaired) electrons. The summed E-state index contributed by atoms with van der Waals surface area (Å²) in [5, 5.41) is 3.08. The average molecular weight is 472 g/mol. The van der Waals surface area contributed by atoms with Crippen LogP contribution in [0.2, 0.25) is 5.02 Å². The van der Waals surface area contributed by atoms with E-state index in [2.05, 4.69) is 17.1 Å². The Hall–Kier alpha value is -1.19. The van der Waals surface area contributed by atoms with E-state index in [1.807, 2.05) is 13.8 Å². The number of morpholine rings is 1. The largest absolute Gasteiger partial charge is 0.373 e. The maximum atomic E-state index is 13.2. The summed E-state index contributed by atoms with van der Waals surface area (Å²) in [6, 6.07) is 4.62. The molecule has 2 aliphatic rings. The first-order valence-corrected chi connectivity index (χ1v) is 13.0. The summed E-state index contributed by atoms with van der Waals surface area (Å²) < 4.78 is 33.6. The Bertz CT molecular complexity index is 862. The molecule has 2 heterocycles. The summed E-state index contributed by atoms with van der Waals surface area (Å²) in [5.41, 5.74) is 0.300. The predicted molar refractivity (Wildman–Crippen MR) is 122 cm³/mol. The zero-order valence-corrected chi connectivity index (χ0v) is 20.2. The first-order chi connectivity index (χ1) is 14.7. The molecule has 3 atom stereocenters. The van der Waals surface area contributed by atoms with Crippen LogP contribution in [0.5, 0.6) is 0 Å². The highest BCUT2D eigenvalue weighted by Crippen LogP contribution is 2.27. The Morgan fingerprint density at radius 3 is 2.39 bits per heavy atom. The lowest BCUT2D eigenvalue weighted by Crippen LogP contribution is -2.52. The van der Waals surface area contributed by atoms with Crippen LogP contribution < -0.4 is 5.32 Å². The lowest BCUT2D eigenvalue weighted by Gasteiger charge is -2.39. The molecular weight excluding hydrogens is 438 g/mol. The van der Waals surface area contributed by atoms with E-state index in [0.717, 1.165) is 38.8 Å². The third-order valence-electron chi connectivity index (χ3n) is 6.01. The van der Waals surface area contributed by atoms with E-state index >= 15 is 0 Å². The van der Waals surface area contributed by atoms with Crippen LogP contribution in [0.3, 0.4) is 0 Å². The standard InChI is InChI=1S/C22H34ClN3O4S/c1-16(25-14-17(2)30-18(3)15-25)13-24-22(27)19-8-9-20(23)21(12-19)31(28,29)26-10-6-4-5-7-11-26/h8-9,12,16-18H,4-7,10-11,13-15H2,1-3H3,(H,24,27)/t16-,17-,18+/m1/s1. The summed E-state index contributed by atoms with van der Waals surface area (Å²) in [4.78, 5) is 15.1. The van der Waals surface area contributed by atoms with Gasteiger partial charge in [0.05, 0.1) is 17.2 Å². The third kappa shape index (κ3) is 6.20. The molecule has 0 aromatic heterocycles. The van der Waals surface area contributed by atoms with E-state index in [1.54, 1.807) is 6.07 Å². The van der Waals surface area contributed by atoms with Gasteiger partial charge in [-0.3, -0.25) is 9.69 Å². The van der Waals surface area contributed by atoms with E-state index in [1.165, 1.54) is 16.4 Å². The Kier molecular flexibility index (Phi) is 8.37. The lowest BCUT2D eigenvalue weighted by molar-refractivity contribution is -0.0778. The number of benzene rings is 1. The summed E-state index contributed by atoms with van der Waals surface area (Å²) in [6.07, 6.45) is 4.05. The molecule has 174 valence electrons. The number of ether oxygens (including phenoxy) is 1. The van der Waals surface area contributed by atoms with Gasteiger partial charge in [-0.1, -0.05) is 24.4 Å². The Morgan fingerprint density at radius 1 is 1.16 bits per heavy atom. The van der Waals surface area contributed by atoms with E-state index in [0.29, 0.717) is 25.2 Å². The molecule has 1 aromatic rings. The van der Waals surface area contributed by atoms with Crippen molar-refractivity contribution in [3.8, 4) is 0 Å². The number of amides is 1. The van der Waals surface area contributed by atoms with Gasteiger partial charge in [0.15, 0.2) is 0 Å². The van der Waals surface area contributed by atoms with Crippen LogP contribution in [-0.2, 0) is 14.8 Å². The fourth-order valence-corrected chi connectivity index (χ4v) is 6.33. The number of halogens is 1. The van der Waals surface area contributed by atoms with Gasteiger partial charge >= 0.3 is 0 Å². The molecule has 0 spiro atoms. The van der Waals surface area contributed by atoms with Crippen molar-refractivity contribution in [3.05, 3.63) is 28.8 Å². The molecule has 1 amide bonds. The smallest absolute Gasteiger partial charge is 0.251 e. The SMILES string of the molecule is C[C@@H]1CN([C@H](C)CNC(=O)c2ccc(Cl)c(S(=O)(=O)N3CCCCCC3)c2)C[C@H](C)O1. The van der Waals surface area contributed by atoms with Gasteiger partial charge in [-0.15, -0.1) is 0 Å². The minimum atomic E-state index is -3.73. The average Bonchev–Trinajstić information content (AvgIpc) is 3.01. The molecule has 2 fully saturated rings. The minimum Gasteiger partial charge on any atom is -0.373 e. The van der Waals surface area contributed by atoms with Gasteiger partial charge < -0.3 is 10.1 Å². The summed E-state index contributed by atoms with van der Waals surface area (Å²) in [7, 11) is -3.73. The molecular formula is C22H34ClN3O4S. The van der Waals surface area contributed by atoms with Gasteiger partial charge in [-0.25, -0.2) is 8.42 Å². The molecule has 2 aliphatic heterocycles. The van der Waals surface area contributed by atoms with Crippen LogP contribution in [0.25, 0.3) is 0 Å². The van der Waals surface area contributed by atoms with Gasteiger partial charge in [-0.2, -0.15) is 4.31 Å². The number of nitrogens with one attached hydrogen (secondary N) is 1. The normalized spacial score (nSPS) is 25.0. The summed E-state index contributed by atoms with van der Waals surface area (Å²) in [6.45, 7) is 9.26. The lowest BCUT2D eigenvalue weighted by atomic mass is 10.1. The number of sulfonamides is 1. The zero-order valence-electron chi connectivity index (χ0n) is 18.6. The fraction of sp³-hybridized carbons (Fsp3) is 0.682. The van der Waals surface area contributed by atoms with Crippen LogP contribution in [0, 0.1) is 0 Å². The number of rotatable bonds is 6. The fourth-order valence-electron chi connectivity index (χ4n) is 4.31. The number of hydrogen-bond donors (Lipinski definition) is 1. The molecule has 0 unspecified atom stereocenters. The number of hydrogen-bond acceptors (Lipinski definition) is 5. The quantitative estimate of drug-likeness (QED) is 0.689. The molecule has 0 aliphatic carbocycles. The van der Waals surface area contributed by atoms with Crippen molar-refractivity contribution in [2.24, 2.45) is 0 Å². The van der Waals surface area contributed by atoms with Crippen LogP contribution in [0.1, 0.15) is 56.8 Å². The van der Waals surface area contributed by atoms with Crippen LogP contribution >= 0.6 is 11.6 Å². The highest BCUT2D eigenvalue weighted by molar-refractivity contribution is 7.89. The van der Waals surface area contributed by atoms with Gasteiger partial charge in [0, 0.05) is 44.3 Å². The van der Waals surface area contributed by atoms with Crippen LogP contribution in [0.4, 0.5) is 0 Å². The van der Waals surface area contributed by atoms with E-state index in [4.69, 9.17) is 16.3 Å². The van der Waals surface area contributed by atoms with Gasteiger partial charge in [0.1, 0.15) is 4.90 Å². The number of carbonyl (C=O) groups is 1. The van der Waals surface area contributed by atoms with Crippen molar-refractivity contribution in [1.82, 2.24) is 14.5 Å². The molecule has 1 aromatic carbocycles. The predicted octanol–water partition coefficient (Wildman–Crippen LogP) is 3.13. The number of nitrogens with zero attached hydrogens (tertiary/aromatic N) is 2. The number of carbonyl (C=O) groups excluding carboxylic acids is 1. The first kappa shape index (κ1) is 24.5. The molecule has 0 saturated carbocycles. The Morgan fingerprint density at radius 2 is 1.77 bits per heavy atom. The van der Waals surface area contributed by atoms with Crippen molar-refractivity contribution in [1.29, 1.82) is 0 Å². The van der Waals surface area contributed by atoms with Crippen molar-refractivity contribution < 1.29 is 17.9 Å². The first-order valence-electron chi connectivity index (χ1n) is 11.2. The van der Waals surface area contributed by atoms with E-state index in [9.17, 15) is 13.2 Å². The van der Waals surface area contributed by atoms with Crippen LogP contribution in [0.15, 0.2) is 23.1 Å².